The van der Waals surface area contributed by atoms with Crippen molar-refractivity contribution in [3.63, 3.8) is 0 Å². The minimum absolute atomic E-state index is 0.0313. The Balaban J connectivity index is 2.60. The molecular formula is C11H20N4O3. The Labute approximate surface area is 106 Å². The molecule has 0 saturated carbocycles. The van der Waals surface area contributed by atoms with Crippen molar-refractivity contribution in [1.29, 1.82) is 0 Å². The Morgan fingerprint density at radius 3 is 2.78 bits per heavy atom. The molecule has 0 aliphatic carbocycles. The van der Waals surface area contributed by atoms with E-state index in [0.717, 1.165) is 6.42 Å². The van der Waals surface area contributed by atoms with Crippen LogP contribution in [0.3, 0.4) is 0 Å². The summed E-state index contributed by atoms with van der Waals surface area (Å²) < 4.78 is 7.07. The van der Waals surface area contributed by atoms with E-state index in [0.29, 0.717) is 19.0 Å². The summed E-state index contributed by atoms with van der Waals surface area (Å²) >= 11 is 0. The maximum atomic E-state index is 10.7. The minimum Gasteiger partial charge on any atom is -0.481 e. The van der Waals surface area contributed by atoms with E-state index in [1.54, 1.807) is 4.68 Å². The van der Waals surface area contributed by atoms with Gasteiger partial charge >= 0.3 is 5.97 Å². The van der Waals surface area contributed by atoms with E-state index >= 15 is 0 Å². The molecule has 1 aromatic rings. The van der Waals surface area contributed by atoms with Gasteiger partial charge in [-0.2, -0.15) is 0 Å². The molecule has 0 saturated heterocycles. The van der Waals surface area contributed by atoms with Gasteiger partial charge in [-0.3, -0.25) is 4.79 Å². The lowest BCUT2D eigenvalue weighted by Gasteiger charge is -2.13. The van der Waals surface area contributed by atoms with Gasteiger partial charge in [0.05, 0.1) is 6.10 Å². The Morgan fingerprint density at radius 1 is 1.50 bits per heavy atom. The Hall–Kier alpha value is -1.50. The topological polar surface area (TPSA) is 90.1 Å². The number of carbonyl (C=O) groups is 1. The normalized spacial score (nSPS) is 12.9. The van der Waals surface area contributed by atoms with Gasteiger partial charge in [-0.25, -0.2) is 4.68 Å². The van der Waals surface area contributed by atoms with E-state index in [-0.39, 0.29) is 18.4 Å². The summed E-state index contributed by atoms with van der Waals surface area (Å²) in [5.41, 5.74) is 0. The molecule has 1 aromatic heterocycles. The molecule has 0 aliphatic heterocycles. The highest BCUT2D eigenvalue weighted by atomic mass is 16.5. The first-order valence-corrected chi connectivity index (χ1v) is 6.11. The molecule has 102 valence electrons. The molecule has 0 amide bonds. The Morgan fingerprint density at radius 2 is 2.22 bits per heavy atom. The van der Waals surface area contributed by atoms with Crippen LogP contribution in [-0.4, -0.2) is 37.4 Å². The number of hydrogen-bond donors (Lipinski definition) is 1. The minimum atomic E-state index is -0.796. The van der Waals surface area contributed by atoms with Gasteiger partial charge in [0.1, 0.15) is 6.61 Å². The monoisotopic (exact) mass is 256 g/mol. The highest BCUT2D eigenvalue weighted by Crippen LogP contribution is 2.12. The van der Waals surface area contributed by atoms with E-state index < -0.39 is 5.97 Å². The molecular weight excluding hydrogens is 236 g/mol. The van der Waals surface area contributed by atoms with Crippen LogP contribution in [0.15, 0.2) is 0 Å². The molecule has 7 nitrogen and oxygen atoms in total. The first kappa shape index (κ1) is 14.6. The first-order chi connectivity index (χ1) is 8.52. The molecule has 0 spiro atoms. The molecule has 0 radical (unpaired) electrons. The summed E-state index contributed by atoms with van der Waals surface area (Å²) in [6, 6.07) is 0. The van der Waals surface area contributed by atoms with E-state index in [2.05, 4.69) is 15.5 Å². The van der Waals surface area contributed by atoms with Crippen LogP contribution in [-0.2, 0) is 22.7 Å². The van der Waals surface area contributed by atoms with Crippen molar-refractivity contribution in [1.82, 2.24) is 20.2 Å². The maximum Gasteiger partial charge on any atom is 0.303 e. The lowest BCUT2D eigenvalue weighted by Crippen LogP contribution is -2.18. The number of aliphatic carboxylic acids is 1. The van der Waals surface area contributed by atoms with Crippen molar-refractivity contribution in [2.75, 3.05) is 0 Å². The van der Waals surface area contributed by atoms with Crippen molar-refractivity contribution in [2.45, 2.75) is 52.9 Å². The summed E-state index contributed by atoms with van der Waals surface area (Å²) in [7, 11) is 0. The highest BCUT2D eigenvalue weighted by molar-refractivity contribution is 5.66. The van der Waals surface area contributed by atoms with Crippen LogP contribution in [0.5, 0.6) is 0 Å². The number of nitrogens with zero attached hydrogens (tertiary/aromatic N) is 4. The molecule has 0 fully saturated rings. The zero-order chi connectivity index (χ0) is 13.5. The van der Waals surface area contributed by atoms with Crippen LogP contribution in [0.1, 0.15) is 39.4 Å². The zero-order valence-electron chi connectivity index (χ0n) is 11.0. The van der Waals surface area contributed by atoms with Crippen LogP contribution in [0.25, 0.3) is 0 Å². The molecule has 0 bridgehead atoms. The number of hydrogen-bond acceptors (Lipinski definition) is 5. The second-order valence-corrected chi connectivity index (χ2v) is 4.51. The van der Waals surface area contributed by atoms with Gasteiger partial charge in [0.25, 0.3) is 0 Å². The molecule has 7 heteroatoms. The van der Waals surface area contributed by atoms with E-state index in [1.165, 1.54) is 0 Å². The van der Waals surface area contributed by atoms with E-state index in [4.69, 9.17) is 9.84 Å². The van der Waals surface area contributed by atoms with Gasteiger partial charge in [-0.15, -0.1) is 5.10 Å². The van der Waals surface area contributed by atoms with E-state index in [9.17, 15) is 4.79 Å². The van der Waals surface area contributed by atoms with Gasteiger partial charge in [0, 0.05) is 13.0 Å². The largest absolute Gasteiger partial charge is 0.481 e. The molecule has 0 aliphatic rings. The molecule has 1 unspecified atom stereocenters. The summed E-state index contributed by atoms with van der Waals surface area (Å²) in [6.45, 7) is 6.68. The fourth-order valence-electron chi connectivity index (χ4n) is 1.54. The molecule has 18 heavy (non-hydrogen) atoms. The van der Waals surface area contributed by atoms with Crippen LogP contribution in [0.4, 0.5) is 0 Å². The second-order valence-electron chi connectivity index (χ2n) is 4.51. The number of ether oxygens (including phenoxy) is 1. The Bertz CT molecular complexity index is 378. The van der Waals surface area contributed by atoms with Gasteiger partial charge in [0.15, 0.2) is 5.82 Å². The average Bonchev–Trinajstić information content (AvgIpc) is 2.72. The van der Waals surface area contributed by atoms with Crippen LogP contribution in [0.2, 0.25) is 0 Å². The lowest BCUT2D eigenvalue weighted by molar-refractivity contribution is -0.138. The van der Waals surface area contributed by atoms with Crippen LogP contribution < -0.4 is 0 Å². The van der Waals surface area contributed by atoms with Gasteiger partial charge in [0.2, 0.25) is 0 Å². The van der Waals surface area contributed by atoms with Crippen molar-refractivity contribution in [3.8, 4) is 0 Å². The van der Waals surface area contributed by atoms with Crippen molar-refractivity contribution in [2.24, 2.45) is 5.92 Å². The molecule has 1 rings (SSSR count). The molecule has 1 N–H and O–H groups in total. The SMILES string of the molecule is CCC(CC(=O)O)Cn1nnnc1COC(C)C. The van der Waals surface area contributed by atoms with Gasteiger partial charge < -0.3 is 9.84 Å². The maximum absolute atomic E-state index is 10.7. The van der Waals surface area contributed by atoms with Crippen LogP contribution >= 0.6 is 0 Å². The Kier molecular flexibility index (Phi) is 5.70. The van der Waals surface area contributed by atoms with E-state index in [1.807, 2.05) is 20.8 Å². The lowest BCUT2D eigenvalue weighted by atomic mass is 10.0. The summed E-state index contributed by atoms with van der Waals surface area (Å²) in [5.74, 6) is -0.133. The predicted octanol–water partition coefficient (Wildman–Crippen LogP) is 1.10. The highest BCUT2D eigenvalue weighted by Gasteiger charge is 2.15. The van der Waals surface area contributed by atoms with Gasteiger partial charge in [-0.05, 0) is 30.2 Å². The standard InChI is InChI=1S/C11H20N4O3/c1-4-9(5-11(16)17)6-15-10(12-13-14-15)7-18-8(2)3/h8-9H,4-7H2,1-3H3,(H,16,17). The molecule has 1 heterocycles. The number of rotatable bonds is 8. The average molecular weight is 256 g/mol. The summed E-state index contributed by atoms with van der Waals surface area (Å²) in [6.07, 6.45) is 1.01. The third-order valence-electron chi connectivity index (χ3n) is 2.62. The molecule has 1 atom stereocenters. The first-order valence-electron chi connectivity index (χ1n) is 6.11. The van der Waals surface area contributed by atoms with Crippen LogP contribution in [0, 0.1) is 5.92 Å². The quantitative estimate of drug-likeness (QED) is 0.749. The third-order valence-corrected chi connectivity index (χ3v) is 2.62. The van der Waals surface area contributed by atoms with Crippen molar-refractivity contribution >= 4 is 5.97 Å². The van der Waals surface area contributed by atoms with Gasteiger partial charge in [-0.1, -0.05) is 13.3 Å². The predicted molar refractivity (Wildman–Crippen MR) is 63.8 cm³/mol. The smallest absolute Gasteiger partial charge is 0.303 e. The number of tetrazole rings is 1. The second kappa shape index (κ2) is 7.05. The van der Waals surface area contributed by atoms with Crippen molar-refractivity contribution < 1.29 is 14.6 Å². The summed E-state index contributed by atoms with van der Waals surface area (Å²) in [5, 5.41) is 20.2. The fraction of sp³-hybridized carbons (Fsp3) is 0.818. The number of aromatic nitrogens is 4. The number of carboxylic acid groups (broad SMARTS) is 1. The molecule has 0 aromatic carbocycles. The van der Waals surface area contributed by atoms with Crippen molar-refractivity contribution in [3.05, 3.63) is 5.82 Å². The third kappa shape index (κ3) is 4.79. The summed E-state index contributed by atoms with van der Waals surface area (Å²) in [4.78, 5) is 10.7. The fourth-order valence-corrected chi connectivity index (χ4v) is 1.54. The number of carboxylic acids is 1. The zero-order valence-corrected chi connectivity index (χ0v) is 11.0.